The van der Waals surface area contributed by atoms with E-state index in [9.17, 15) is 5.11 Å². The lowest BCUT2D eigenvalue weighted by Crippen LogP contribution is -2.13. The number of hydrogen-bond donors (Lipinski definition) is 1. The van der Waals surface area contributed by atoms with Crippen LogP contribution in [-0.2, 0) is 11.3 Å². The summed E-state index contributed by atoms with van der Waals surface area (Å²) in [5.74, 6) is 0.545. The Morgan fingerprint density at radius 1 is 1.19 bits per heavy atom. The first-order chi connectivity index (χ1) is 7.68. The van der Waals surface area contributed by atoms with Gasteiger partial charge < -0.3 is 9.84 Å². The minimum absolute atomic E-state index is 0.226. The molecule has 16 heavy (non-hydrogen) atoms. The zero-order valence-electron chi connectivity index (χ0n) is 10.2. The van der Waals surface area contributed by atoms with Gasteiger partial charge >= 0.3 is 0 Å². The molecule has 1 atom stereocenters. The van der Waals surface area contributed by atoms with Crippen LogP contribution in [0.2, 0.25) is 0 Å². The Balaban J connectivity index is 2.08. The van der Waals surface area contributed by atoms with Gasteiger partial charge in [-0.25, -0.2) is 0 Å². The van der Waals surface area contributed by atoms with Crippen molar-refractivity contribution in [2.45, 2.75) is 39.4 Å². The Hall–Kier alpha value is -0.860. The zero-order valence-corrected chi connectivity index (χ0v) is 10.2. The van der Waals surface area contributed by atoms with Crippen molar-refractivity contribution in [3.8, 4) is 0 Å². The van der Waals surface area contributed by atoms with Crippen molar-refractivity contribution < 1.29 is 9.84 Å². The summed E-state index contributed by atoms with van der Waals surface area (Å²) in [6.07, 6.45) is 1.36. The van der Waals surface area contributed by atoms with Gasteiger partial charge in [-0.3, -0.25) is 0 Å². The topological polar surface area (TPSA) is 29.5 Å². The highest BCUT2D eigenvalue weighted by molar-refractivity contribution is 5.13. The van der Waals surface area contributed by atoms with Gasteiger partial charge in [-0.1, -0.05) is 44.2 Å². The van der Waals surface area contributed by atoms with E-state index in [1.54, 1.807) is 0 Å². The van der Waals surface area contributed by atoms with Crippen LogP contribution in [0.3, 0.4) is 0 Å². The molecule has 0 unspecified atom stereocenters. The summed E-state index contributed by atoms with van der Waals surface area (Å²) < 4.78 is 5.51. The van der Waals surface area contributed by atoms with Crippen LogP contribution >= 0.6 is 0 Å². The first-order valence-electron chi connectivity index (χ1n) is 5.98. The number of ether oxygens (including phenoxy) is 1. The second-order valence-electron chi connectivity index (χ2n) is 4.61. The highest BCUT2D eigenvalue weighted by Crippen LogP contribution is 2.08. The van der Waals surface area contributed by atoms with Gasteiger partial charge in [0.05, 0.1) is 12.7 Å². The maximum absolute atomic E-state index is 9.64. The molecule has 2 nitrogen and oxygen atoms in total. The Kier molecular flexibility index (Phi) is 6.12. The molecule has 90 valence electrons. The lowest BCUT2D eigenvalue weighted by atomic mass is 10.0. The van der Waals surface area contributed by atoms with Gasteiger partial charge in [0, 0.05) is 6.61 Å². The molecule has 0 heterocycles. The lowest BCUT2D eigenvalue weighted by molar-refractivity contribution is 0.0648. The van der Waals surface area contributed by atoms with Gasteiger partial charge in [0.25, 0.3) is 0 Å². The second-order valence-corrected chi connectivity index (χ2v) is 4.61. The van der Waals surface area contributed by atoms with Crippen molar-refractivity contribution in [2.24, 2.45) is 5.92 Å². The molecule has 0 aliphatic carbocycles. The van der Waals surface area contributed by atoms with Gasteiger partial charge in [-0.05, 0) is 24.3 Å². The van der Waals surface area contributed by atoms with E-state index in [1.807, 2.05) is 30.3 Å². The van der Waals surface area contributed by atoms with Crippen molar-refractivity contribution in [1.82, 2.24) is 0 Å². The van der Waals surface area contributed by atoms with Crippen LogP contribution in [0, 0.1) is 5.92 Å². The summed E-state index contributed by atoms with van der Waals surface area (Å²) in [5.41, 5.74) is 1.18. The van der Waals surface area contributed by atoms with Gasteiger partial charge in [0.15, 0.2) is 0 Å². The van der Waals surface area contributed by atoms with Crippen molar-refractivity contribution in [3.63, 3.8) is 0 Å². The van der Waals surface area contributed by atoms with Crippen molar-refractivity contribution in [3.05, 3.63) is 35.9 Å². The average Bonchev–Trinajstić information content (AvgIpc) is 2.25. The third-order valence-electron chi connectivity index (χ3n) is 2.45. The van der Waals surface area contributed by atoms with Crippen LogP contribution in [0.1, 0.15) is 32.3 Å². The van der Waals surface area contributed by atoms with E-state index < -0.39 is 0 Å². The molecule has 1 aromatic rings. The molecule has 0 amide bonds. The molecule has 1 rings (SSSR count). The molecule has 0 bridgehead atoms. The molecule has 0 aliphatic heterocycles. The second kappa shape index (κ2) is 7.42. The Labute approximate surface area is 98.3 Å². The highest BCUT2D eigenvalue weighted by Gasteiger charge is 2.06. The van der Waals surface area contributed by atoms with E-state index in [4.69, 9.17) is 4.74 Å². The van der Waals surface area contributed by atoms with E-state index in [2.05, 4.69) is 13.8 Å². The molecule has 2 heteroatoms. The molecule has 0 aromatic heterocycles. The quantitative estimate of drug-likeness (QED) is 0.719. The predicted octanol–water partition coefficient (Wildman–Crippen LogP) is 3.00. The number of benzene rings is 1. The first kappa shape index (κ1) is 13.2. The van der Waals surface area contributed by atoms with Crippen molar-refractivity contribution in [1.29, 1.82) is 0 Å². The van der Waals surface area contributed by atoms with Gasteiger partial charge in [-0.15, -0.1) is 0 Å². The minimum Gasteiger partial charge on any atom is -0.393 e. The molecular weight excluding hydrogens is 200 g/mol. The first-order valence-corrected chi connectivity index (χ1v) is 5.98. The molecule has 0 saturated carbocycles. The summed E-state index contributed by atoms with van der Waals surface area (Å²) in [6.45, 7) is 5.50. The number of aliphatic hydroxyl groups is 1. The van der Waals surface area contributed by atoms with E-state index in [0.29, 0.717) is 19.1 Å². The van der Waals surface area contributed by atoms with E-state index in [1.165, 1.54) is 5.56 Å². The maximum atomic E-state index is 9.64. The zero-order chi connectivity index (χ0) is 11.8. The molecule has 0 aliphatic rings. The van der Waals surface area contributed by atoms with Crippen LogP contribution in [0.4, 0.5) is 0 Å². The van der Waals surface area contributed by atoms with E-state index in [0.717, 1.165) is 12.8 Å². The van der Waals surface area contributed by atoms with Gasteiger partial charge in [0.1, 0.15) is 0 Å². The highest BCUT2D eigenvalue weighted by atomic mass is 16.5. The minimum atomic E-state index is -0.226. The van der Waals surface area contributed by atoms with Crippen LogP contribution in [0.5, 0.6) is 0 Å². The van der Waals surface area contributed by atoms with Gasteiger partial charge in [0.2, 0.25) is 0 Å². The smallest absolute Gasteiger partial charge is 0.0716 e. The maximum Gasteiger partial charge on any atom is 0.0716 e. The third-order valence-corrected chi connectivity index (χ3v) is 2.45. The summed E-state index contributed by atoms with van der Waals surface area (Å²) in [4.78, 5) is 0. The summed E-state index contributed by atoms with van der Waals surface area (Å²) in [7, 11) is 0. The number of hydrogen-bond acceptors (Lipinski definition) is 2. The average molecular weight is 222 g/mol. The molecule has 0 spiro atoms. The van der Waals surface area contributed by atoms with Crippen LogP contribution in [0.25, 0.3) is 0 Å². The van der Waals surface area contributed by atoms with E-state index in [-0.39, 0.29) is 6.10 Å². The lowest BCUT2D eigenvalue weighted by Gasteiger charge is -2.12. The monoisotopic (exact) mass is 222 g/mol. The van der Waals surface area contributed by atoms with Gasteiger partial charge in [-0.2, -0.15) is 0 Å². The third kappa shape index (κ3) is 5.89. The molecular formula is C14H22O2. The standard InChI is InChI=1S/C14H22O2/c1-12(2)10-14(15)8-9-16-11-13-6-4-3-5-7-13/h3-7,12,14-15H,8-11H2,1-2H3/t14-/m0/s1. The fourth-order valence-corrected chi connectivity index (χ4v) is 1.65. The Bertz CT molecular complexity index is 269. The molecule has 0 fully saturated rings. The summed E-state index contributed by atoms with van der Waals surface area (Å²) >= 11 is 0. The molecule has 1 N–H and O–H groups in total. The Morgan fingerprint density at radius 3 is 2.50 bits per heavy atom. The largest absolute Gasteiger partial charge is 0.393 e. The molecule has 0 radical (unpaired) electrons. The fourth-order valence-electron chi connectivity index (χ4n) is 1.65. The molecule has 0 saturated heterocycles. The predicted molar refractivity (Wildman–Crippen MR) is 66.2 cm³/mol. The SMILES string of the molecule is CC(C)C[C@@H](O)CCOCc1ccccc1. The number of aliphatic hydroxyl groups excluding tert-OH is 1. The van der Waals surface area contributed by atoms with Crippen molar-refractivity contribution in [2.75, 3.05) is 6.61 Å². The Morgan fingerprint density at radius 2 is 1.88 bits per heavy atom. The number of rotatable bonds is 7. The fraction of sp³-hybridized carbons (Fsp3) is 0.571. The van der Waals surface area contributed by atoms with Crippen LogP contribution < -0.4 is 0 Å². The molecule has 1 aromatic carbocycles. The van der Waals surface area contributed by atoms with E-state index >= 15 is 0 Å². The normalized spacial score (nSPS) is 13.0. The van der Waals surface area contributed by atoms with Crippen LogP contribution in [0.15, 0.2) is 30.3 Å². The van der Waals surface area contributed by atoms with Crippen molar-refractivity contribution >= 4 is 0 Å². The summed E-state index contributed by atoms with van der Waals surface area (Å²) in [6, 6.07) is 10.1. The summed E-state index contributed by atoms with van der Waals surface area (Å²) in [5, 5.41) is 9.64. The van der Waals surface area contributed by atoms with Crippen LogP contribution in [-0.4, -0.2) is 17.8 Å².